The molecule has 4 nitrogen and oxygen atoms in total. The topological polar surface area (TPSA) is 49.4 Å². The second-order valence-corrected chi connectivity index (χ2v) is 5.24. The summed E-state index contributed by atoms with van der Waals surface area (Å²) < 4.78 is 39.0. The lowest BCUT2D eigenvalue weighted by Gasteiger charge is -2.40. The molecule has 1 atom stereocenters. The zero-order chi connectivity index (χ0) is 13.7. The molecule has 1 aliphatic heterocycles. The summed E-state index contributed by atoms with van der Waals surface area (Å²) in [6.07, 6.45) is -4.69. The van der Waals surface area contributed by atoms with Crippen LogP contribution in [-0.2, 0) is 9.59 Å². The van der Waals surface area contributed by atoms with Crippen molar-refractivity contribution in [2.75, 3.05) is 6.54 Å². The zero-order valence-corrected chi connectivity index (χ0v) is 10.2. The van der Waals surface area contributed by atoms with Crippen LogP contribution in [0, 0.1) is 5.92 Å². The average Bonchev–Trinajstić information content (AvgIpc) is 3.00. The molecule has 1 saturated heterocycles. The largest absolute Gasteiger partial charge is 0.411 e. The van der Waals surface area contributed by atoms with Crippen molar-refractivity contribution in [3.8, 4) is 0 Å². The van der Waals surface area contributed by atoms with E-state index in [0.29, 0.717) is 0 Å². The van der Waals surface area contributed by atoms with E-state index in [1.807, 2.05) is 0 Å². The van der Waals surface area contributed by atoms with Crippen LogP contribution in [0.15, 0.2) is 0 Å². The van der Waals surface area contributed by atoms with Gasteiger partial charge in [0, 0.05) is 0 Å². The van der Waals surface area contributed by atoms with Crippen molar-refractivity contribution in [1.29, 1.82) is 0 Å². The van der Waals surface area contributed by atoms with Crippen molar-refractivity contribution in [2.24, 2.45) is 5.92 Å². The first-order valence-electron chi connectivity index (χ1n) is 5.86. The van der Waals surface area contributed by atoms with Crippen LogP contribution >= 0.6 is 0 Å². The normalized spacial score (nSPS) is 27.4. The second kappa shape index (κ2) is 3.86. The van der Waals surface area contributed by atoms with Gasteiger partial charge in [-0.25, -0.2) is 0 Å². The summed E-state index contributed by atoms with van der Waals surface area (Å²) in [4.78, 5) is 24.2. The van der Waals surface area contributed by atoms with E-state index in [9.17, 15) is 22.8 Å². The molecule has 0 spiro atoms. The number of carbonyl (C=O) groups excluding carboxylic acids is 2. The highest BCUT2D eigenvalue weighted by atomic mass is 19.4. The van der Waals surface area contributed by atoms with Gasteiger partial charge >= 0.3 is 6.18 Å². The maximum atomic E-state index is 13.0. The number of nitrogens with zero attached hydrogens (tertiary/aromatic N) is 1. The van der Waals surface area contributed by atoms with Crippen molar-refractivity contribution >= 4 is 11.8 Å². The summed E-state index contributed by atoms with van der Waals surface area (Å²) in [5, 5.41) is 2.45. The van der Waals surface area contributed by atoms with Crippen molar-refractivity contribution in [3.63, 3.8) is 0 Å². The lowest BCUT2D eigenvalue weighted by Crippen LogP contribution is -2.65. The van der Waals surface area contributed by atoms with Crippen LogP contribution in [0.3, 0.4) is 0 Å². The number of hydrogen-bond acceptors (Lipinski definition) is 2. The summed E-state index contributed by atoms with van der Waals surface area (Å²) in [7, 11) is 0. The molecule has 2 aliphatic rings. The van der Waals surface area contributed by atoms with Crippen molar-refractivity contribution in [3.05, 3.63) is 0 Å². The minimum absolute atomic E-state index is 0.111. The first-order valence-corrected chi connectivity index (χ1v) is 5.86. The lowest BCUT2D eigenvalue weighted by atomic mass is 9.99. The standard InChI is InChI=1S/C11H15F3N2O2/c1-6(2)8-9(18)16(5-7(17)15-8)10(3-4-10)11(12,13)14/h6,8H,3-5H2,1-2H3,(H,15,17). The molecule has 7 heteroatoms. The number of carbonyl (C=O) groups is 2. The summed E-state index contributed by atoms with van der Waals surface area (Å²) in [5.74, 6) is -1.38. The number of rotatable bonds is 2. The molecule has 1 heterocycles. The molecular weight excluding hydrogens is 249 g/mol. The summed E-state index contributed by atoms with van der Waals surface area (Å²) in [6.45, 7) is 2.89. The minimum Gasteiger partial charge on any atom is -0.343 e. The van der Waals surface area contributed by atoms with E-state index in [1.54, 1.807) is 13.8 Å². The predicted molar refractivity (Wildman–Crippen MR) is 56.5 cm³/mol. The SMILES string of the molecule is CC(C)C1NC(=O)CN(C2(C(F)(F)F)CC2)C1=O. The molecule has 0 bridgehead atoms. The molecule has 2 rings (SSSR count). The van der Waals surface area contributed by atoms with Crippen LogP contribution in [0.5, 0.6) is 0 Å². The average molecular weight is 264 g/mol. The number of amides is 2. The highest BCUT2D eigenvalue weighted by Gasteiger charge is 2.69. The molecule has 18 heavy (non-hydrogen) atoms. The number of hydrogen-bond donors (Lipinski definition) is 1. The lowest BCUT2D eigenvalue weighted by molar-refractivity contribution is -0.204. The van der Waals surface area contributed by atoms with Gasteiger partial charge in [0.05, 0.1) is 0 Å². The Hall–Kier alpha value is -1.27. The van der Waals surface area contributed by atoms with Crippen molar-refractivity contribution < 1.29 is 22.8 Å². The van der Waals surface area contributed by atoms with Gasteiger partial charge < -0.3 is 10.2 Å². The number of alkyl halides is 3. The van der Waals surface area contributed by atoms with E-state index in [0.717, 1.165) is 4.90 Å². The van der Waals surface area contributed by atoms with Crippen molar-refractivity contribution in [1.82, 2.24) is 10.2 Å². The van der Waals surface area contributed by atoms with Crippen LogP contribution in [0.25, 0.3) is 0 Å². The summed E-state index contributed by atoms with van der Waals surface area (Å²) in [5.41, 5.74) is -2.10. The molecule has 0 radical (unpaired) electrons. The van der Waals surface area contributed by atoms with Gasteiger partial charge in [0.1, 0.15) is 18.1 Å². The van der Waals surface area contributed by atoms with Crippen LogP contribution in [0.2, 0.25) is 0 Å². The number of halogens is 3. The first-order chi connectivity index (χ1) is 8.19. The monoisotopic (exact) mass is 264 g/mol. The van der Waals surface area contributed by atoms with E-state index >= 15 is 0 Å². The fourth-order valence-corrected chi connectivity index (χ4v) is 2.31. The van der Waals surface area contributed by atoms with Gasteiger partial charge in [-0.15, -0.1) is 0 Å². The zero-order valence-electron chi connectivity index (χ0n) is 10.2. The Bertz CT molecular complexity index is 388. The van der Waals surface area contributed by atoms with E-state index < -0.39 is 36.1 Å². The Balaban J connectivity index is 2.28. The predicted octanol–water partition coefficient (Wildman–Crippen LogP) is 1.06. The van der Waals surface area contributed by atoms with Gasteiger partial charge in [-0.2, -0.15) is 13.2 Å². The fraction of sp³-hybridized carbons (Fsp3) is 0.818. The molecule has 1 N–H and O–H groups in total. The van der Waals surface area contributed by atoms with Crippen LogP contribution in [0.4, 0.5) is 13.2 Å². The molecule has 2 fully saturated rings. The molecule has 0 aromatic carbocycles. The second-order valence-electron chi connectivity index (χ2n) is 5.24. The molecule has 102 valence electrons. The molecule has 0 aromatic heterocycles. The van der Waals surface area contributed by atoms with Gasteiger partial charge in [-0.1, -0.05) is 13.8 Å². The van der Waals surface area contributed by atoms with E-state index in [-0.39, 0.29) is 18.8 Å². The van der Waals surface area contributed by atoms with E-state index in [2.05, 4.69) is 5.32 Å². The third kappa shape index (κ3) is 1.85. The molecule has 0 aromatic rings. The maximum absolute atomic E-state index is 13.0. The van der Waals surface area contributed by atoms with Crippen LogP contribution in [-0.4, -0.2) is 41.0 Å². The molecule has 1 saturated carbocycles. The third-order valence-corrected chi connectivity index (χ3v) is 3.58. The molecule has 1 aliphatic carbocycles. The molecule has 2 amide bonds. The van der Waals surface area contributed by atoms with Crippen LogP contribution in [0.1, 0.15) is 26.7 Å². The summed E-state index contributed by atoms with van der Waals surface area (Å²) >= 11 is 0. The fourth-order valence-electron chi connectivity index (χ4n) is 2.31. The van der Waals surface area contributed by atoms with Crippen molar-refractivity contribution in [2.45, 2.75) is 44.4 Å². The van der Waals surface area contributed by atoms with Gasteiger partial charge in [0.25, 0.3) is 0 Å². The number of piperazine rings is 1. The third-order valence-electron chi connectivity index (χ3n) is 3.58. The Morgan fingerprint density at radius 2 is 1.89 bits per heavy atom. The smallest absolute Gasteiger partial charge is 0.343 e. The number of nitrogens with one attached hydrogen (secondary N) is 1. The maximum Gasteiger partial charge on any atom is 0.411 e. The first kappa shape index (κ1) is 13.2. The Morgan fingerprint density at radius 3 is 2.28 bits per heavy atom. The highest BCUT2D eigenvalue weighted by Crippen LogP contribution is 2.54. The summed E-state index contributed by atoms with van der Waals surface area (Å²) in [6, 6.07) is -0.855. The molecular formula is C11H15F3N2O2. The van der Waals surface area contributed by atoms with E-state index in [1.165, 1.54) is 0 Å². The molecule has 1 unspecified atom stereocenters. The van der Waals surface area contributed by atoms with Gasteiger partial charge in [0.2, 0.25) is 11.8 Å². The highest BCUT2D eigenvalue weighted by molar-refractivity contribution is 5.95. The quantitative estimate of drug-likeness (QED) is 0.811. The van der Waals surface area contributed by atoms with E-state index in [4.69, 9.17) is 0 Å². The van der Waals surface area contributed by atoms with Gasteiger partial charge in [0.15, 0.2) is 0 Å². The van der Waals surface area contributed by atoms with Crippen LogP contribution < -0.4 is 5.32 Å². The Morgan fingerprint density at radius 1 is 1.33 bits per heavy atom. The van der Waals surface area contributed by atoms with Gasteiger partial charge in [-0.05, 0) is 18.8 Å². The Labute approximate surface area is 103 Å². The Kier molecular flexibility index (Phi) is 2.82. The minimum atomic E-state index is -4.47. The van der Waals surface area contributed by atoms with Gasteiger partial charge in [-0.3, -0.25) is 9.59 Å².